The van der Waals surface area contributed by atoms with Gasteiger partial charge in [0.2, 0.25) is 5.91 Å². The number of fused-ring (bicyclic) bond motifs is 1. The number of carboxylic acid groups (broad SMARTS) is 1. The number of hydrogen-bond donors (Lipinski definition) is 1. The number of methoxy groups -OCH3 is 1. The van der Waals surface area contributed by atoms with E-state index in [1.165, 1.54) is 18.9 Å². The number of aliphatic carboxylic acids is 1. The molecule has 2 saturated heterocycles. The lowest BCUT2D eigenvalue weighted by atomic mass is 9.92. The molecule has 0 bridgehead atoms. The second kappa shape index (κ2) is 3.63. The summed E-state index contributed by atoms with van der Waals surface area (Å²) >= 11 is 1.14. The molecule has 0 spiro atoms. The number of thioether (sulfide) groups is 1. The minimum Gasteiger partial charge on any atom is -0.480 e. The van der Waals surface area contributed by atoms with Crippen LogP contribution in [0.1, 0.15) is 13.8 Å². The van der Waals surface area contributed by atoms with Gasteiger partial charge in [0.25, 0.3) is 0 Å². The van der Waals surface area contributed by atoms with E-state index in [9.17, 15) is 19.5 Å². The largest absolute Gasteiger partial charge is 0.480 e. The third-order valence-corrected chi connectivity index (χ3v) is 5.12. The molecule has 94 valence electrons. The van der Waals surface area contributed by atoms with Crippen molar-refractivity contribution in [2.75, 3.05) is 7.11 Å². The zero-order chi connectivity index (χ0) is 13.0. The second-order valence-corrected chi connectivity index (χ2v) is 5.95. The van der Waals surface area contributed by atoms with E-state index < -0.39 is 22.7 Å². The van der Waals surface area contributed by atoms with Crippen LogP contribution in [0.15, 0.2) is 0 Å². The summed E-state index contributed by atoms with van der Waals surface area (Å²) < 4.78 is 3.27. The normalized spacial score (nSPS) is 39.6. The van der Waals surface area contributed by atoms with E-state index in [1.54, 1.807) is 6.92 Å². The first-order valence-corrected chi connectivity index (χ1v) is 6.03. The van der Waals surface area contributed by atoms with Crippen LogP contribution in [0.25, 0.3) is 0 Å². The highest BCUT2D eigenvalue weighted by atomic mass is 32.2. The maximum absolute atomic E-state index is 11.7. The molecule has 2 heterocycles. The Balaban J connectivity index is 2.39. The number of carboxylic acids is 1. The van der Waals surface area contributed by atoms with Gasteiger partial charge in [0, 0.05) is 0 Å². The molecule has 1 amide bonds. The maximum atomic E-state index is 11.7. The highest BCUT2D eigenvalue weighted by Crippen LogP contribution is 2.53. The van der Waals surface area contributed by atoms with Crippen molar-refractivity contribution in [3.05, 3.63) is 0 Å². The predicted octanol–water partition coefficient (Wildman–Crippen LogP) is -0.0775. The molecular weight excluding hydrogens is 246 g/mol. The molecule has 4 unspecified atom stereocenters. The van der Waals surface area contributed by atoms with Crippen LogP contribution in [0.4, 0.5) is 0 Å². The first-order valence-electron chi connectivity index (χ1n) is 5.15. The van der Waals surface area contributed by atoms with E-state index in [-0.39, 0.29) is 17.2 Å². The van der Waals surface area contributed by atoms with Gasteiger partial charge in [0.1, 0.15) is 4.75 Å². The van der Waals surface area contributed by atoms with Crippen LogP contribution in [0.3, 0.4) is 0 Å². The predicted molar refractivity (Wildman–Crippen MR) is 59.2 cm³/mol. The van der Waals surface area contributed by atoms with Gasteiger partial charge < -0.3 is 14.7 Å². The average Bonchev–Trinajstić information content (AvgIpc) is 2.60. The Morgan fingerprint density at radius 3 is 2.59 bits per heavy atom. The van der Waals surface area contributed by atoms with Gasteiger partial charge in [-0.3, -0.25) is 9.59 Å². The van der Waals surface area contributed by atoms with Gasteiger partial charge in [0.15, 0.2) is 6.04 Å². The van der Waals surface area contributed by atoms with Crippen molar-refractivity contribution in [1.29, 1.82) is 0 Å². The van der Waals surface area contributed by atoms with Crippen LogP contribution in [0.5, 0.6) is 0 Å². The molecule has 0 aromatic heterocycles. The zero-order valence-corrected chi connectivity index (χ0v) is 10.5. The Bertz CT molecular complexity index is 410. The van der Waals surface area contributed by atoms with E-state index in [1.807, 2.05) is 0 Å². The molecular formula is C10H13NO5S. The van der Waals surface area contributed by atoms with Crippen molar-refractivity contribution in [2.45, 2.75) is 30.0 Å². The number of carbonyl (C=O) groups is 3. The Morgan fingerprint density at radius 1 is 1.53 bits per heavy atom. The van der Waals surface area contributed by atoms with Gasteiger partial charge in [-0.1, -0.05) is 6.92 Å². The van der Waals surface area contributed by atoms with Gasteiger partial charge in [-0.15, -0.1) is 11.8 Å². The topological polar surface area (TPSA) is 83.9 Å². The third-order valence-electron chi connectivity index (χ3n) is 3.36. The summed E-state index contributed by atoms with van der Waals surface area (Å²) in [5.41, 5.74) is 0. The number of ether oxygens (including phenoxy) is 1. The van der Waals surface area contributed by atoms with Crippen molar-refractivity contribution in [2.24, 2.45) is 5.92 Å². The van der Waals surface area contributed by atoms with E-state index in [2.05, 4.69) is 4.74 Å². The van der Waals surface area contributed by atoms with Crippen molar-refractivity contribution in [1.82, 2.24) is 4.90 Å². The average molecular weight is 259 g/mol. The fraction of sp³-hybridized carbons (Fsp3) is 0.700. The van der Waals surface area contributed by atoms with Gasteiger partial charge in [-0.25, -0.2) is 4.79 Å². The van der Waals surface area contributed by atoms with Gasteiger partial charge in [-0.2, -0.15) is 0 Å². The van der Waals surface area contributed by atoms with Crippen molar-refractivity contribution in [3.8, 4) is 0 Å². The molecule has 17 heavy (non-hydrogen) atoms. The van der Waals surface area contributed by atoms with E-state index in [0.29, 0.717) is 0 Å². The van der Waals surface area contributed by atoms with Crippen LogP contribution in [0, 0.1) is 5.92 Å². The van der Waals surface area contributed by atoms with Crippen molar-refractivity contribution < 1.29 is 24.2 Å². The summed E-state index contributed by atoms with van der Waals surface area (Å²) in [5.74, 6) is -2.21. The maximum Gasteiger partial charge on any atom is 0.330 e. The smallest absolute Gasteiger partial charge is 0.330 e. The number of carbonyl (C=O) groups excluding carboxylic acids is 2. The minimum atomic E-state index is -1.34. The summed E-state index contributed by atoms with van der Waals surface area (Å²) in [6.07, 6.45) is 0. The zero-order valence-electron chi connectivity index (χ0n) is 9.67. The Hall–Kier alpha value is -1.24. The highest BCUT2D eigenvalue weighted by Gasteiger charge is 2.67. The molecule has 2 fully saturated rings. The SMILES string of the molecule is COC(=O)C1N2C(=O)C(C)C2SC1(C)C(=O)O. The van der Waals surface area contributed by atoms with Gasteiger partial charge >= 0.3 is 11.9 Å². The Kier molecular flexibility index (Phi) is 2.61. The molecule has 0 radical (unpaired) electrons. The second-order valence-electron chi connectivity index (χ2n) is 4.38. The lowest BCUT2D eigenvalue weighted by Gasteiger charge is -2.42. The number of esters is 1. The van der Waals surface area contributed by atoms with Crippen LogP contribution < -0.4 is 0 Å². The molecule has 1 N–H and O–H groups in total. The minimum absolute atomic E-state index is 0.192. The highest BCUT2D eigenvalue weighted by molar-refractivity contribution is 8.02. The fourth-order valence-electron chi connectivity index (χ4n) is 2.27. The number of β-lactam (4-membered cyclic amide) rings is 1. The van der Waals surface area contributed by atoms with Gasteiger partial charge in [0.05, 0.1) is 18.4 Å². The quantitative estimate of drug-likeness (QED) is 0.551. The number of hydrogen-bond acceptors (Lipinski definition) is 5. The molecule has 2 aliphatic heterocycles. The summed E-state index contributed by atoms with van der Waals surface area (Å²) in [7, 11) is 1.19. The molecule has 7 heteroatoms. The van der Waals surface area contributed by atoms with E-state index >= 15 is 0 Å². The monoisotopic (exact) mass is 259 g/mol. The molecule has 0 aromatic carbocycles. The summed E-state index contributed by atoms with van der Waals surface area (Å²) in [5, 5.41) is 9.01. The van der Waals surface area contributed by atoms with Crippen LogP contribution in [-0.4, -0.2) is 51.1 Å². The standard InChI is InChI=1S/C10H13NO5S/c1-4-6(12)11-5(8(13)16-3)10(2,9(14)15)17-7(4)11/h4-5,7H,1-3H3,(H,14,15). The number of amides is 1. The number of rotatable bonds is 2. The fourth-order valence-corrected chi connectivity index (χ4v) is 3.87. The van der Waals surface area contributed by atoms with Crippen LogP contribution >= 0.6 is 11.8 Å². The molecule has 0 aromatic rings. The third kappa shape index (κ3) is 1.38. The van der Waals surface area contributed by atoms with E-state index in [0.717, 1.165) is 11.8 Å². The van der Waals surface area contributed by atoms with Crippen LogP contribution in [0.2, 0.25) is 0 Å². The summed E-state index contributed by atoms with van der Waals surface area (Å²) in [6.45, 7) is 3.19. The van der Waals surface area contributed by atoms with E-state index in [4.69, 9.17) is 0 Å². The first kappa shape index (κ1) is 12.2. The lowest BCUT2D eigenvalue weighted by Crippen LogP contribution is -2.63. The summed E-state index contributed by atoms with van der Waals surface area (Å²) in [4.78, 5) is 36.0. The Morgan fingerprint density at radius 2 is 2.12 bits per heavy atom. The summed E-state index contributed by atoms with van der Waals surface area (Å²) in [6, 6.07) is -1.04. The molecule has 4 atom stereocenters. The molecule has 0 saturated carbocycles. The molecule has 2 aliphatic rings. The van der Waals surface area contributed by atoms with Crippen molar-refractivity contribution in [3.63, 3.8) is 0 Å². The number of nitrogens with zero attached hydrogens (tertiary/aromatic N) is 1. The molecule has 2 rings (SSSR count). The lowest BCUT2D eigenvalue weighted by molar-refractivity contribution is -0.166. The Labute approximate surface area is 102 Å². The van der Waals surface area contributed by atoms with Crippen LogP contribution in [-0.2, 0) is 19.1 Å². The van der Waals surface area contributed by atoms with Gasteiger partial charge in [-0.05, 0) is 6.92 Å². The van der Waals surface area contributed by atoms with Crippen molar-refractivity contribution >= 4 is 29.6 Å². The molecule has 6 nitrogen and oxygen atoms in total. The molecule has 0 aliphatic carbocycles. The first-order chi connectivity index (χ1) is 7.84.